The number of thiazole rings is 1. The first kappa shape index (κ1) is 13.1. The third-order valence-electron chi connectivity index (χ3n) is 2.65. The van der Waals surface area contributed by atoms with Gasteiger partial charge in [0.15, 0.2) is 11.6 Å². The van der Waals surface area contributed by atoms with Crippen LogP contribution in [0.5, 0.6) is 0 Å². The van der Waals surface area contributed by atoms with E-state index in [4.69, 9.17) is 5.84 Å². The smallest absolute Gasteiger partial charge is 0.162 e. The van der Waals surface area contributed by atoms with E-state index in [1.807, 2.05) is 12.3 Å². The molecule has 0 saturated heterocycles. The minimum atomic E-state index is -0.849. The van der Waals surface area contributed by atoms with Crippen LogP contribution in [0.3, 0.4) is 0 Å². The van der Waals surface area contributed by atoms with Crippen LogP contribution < -0.4 is 11.3 Å². The average Bonchev–Trinajstić information content (AvgIpc) is 2.78. The second-order valence-electron chi connectivity index (χ2n) is 3.93. The molecule has 0 aliphatic carbocycles. The number of aromatic nitrogens is 1. The van der Waals surface area contributed by atoms with Crippen molar-refractivity contribution in [2.45, 2.75) is 19.4 Å². The lowest BCUT2D eigenvalue weighted by Gasteiger charge is -2.14. The Labute approximate surface area is 108 Å². The van der Waals surface area contributed by atoms with Crippen molar-refractivity contribution in [3.8, 4) is 0 Å². The number of aryl methyl sites for hydroxylation is 1. The Morgan fingerprint density at radius 1 is 1.44 bits per heavy atom. The van der Waals surface area contributed by atoms with Gasteiger partial charge < -0.3 is 0 Å². The number of hydrogen-bond donors (Lipinski definition) is 2. The van der Waals surface area contributed by atoms with Gasteiger partial charge in [-0.3, -0.25) is 11.3 Å². The van der Waals surface area contributed by atoms with E-state index in [2.05, 4.69) is 10.4 Å². The number of rotatable bonds is 4. The molecule has 1 aromatic carbocycles. The van der Waals surface area contributed by atoms with E-state index in [0.29, 0.717) is 0 Å². The van der Waals surface area contributed by atoms with Gasteiger partial charge in [-0.15, -0.1) is 11.3 Å². The van der Waals surface area contributed by atoms with Crippen molar-refractivity contribution in [2.75, 3.05) is 0 Å². The van der Waals surface area contributed by atoms with Gasteiger partial charge >= 0.3 is 0 Å². The molecule has 0 amide bonds. The van der Waals surface area contributed by atoms with Crippen LogP contribution in [0.2, 0.25) is 0 Å². The highest BCUT2D eigenvalue weighted by atomic mass is 32.1. The molecule has 0 aliphatic heterocycles. The first-order valence-electron chi connectivity index (χ1n) is 5.43. The number of halogens is 2. The molecule has 18 heavy (non-hydrogen) atoms. The normalized spacial score (nSPS) is 12.7. The largest absolute Gasteiger partial charge is 0.271 e. The van der Waals surface area contributed by atoms with Crippen molar-refractivity contribution in [3.63, 3.8) is 0 Å². The maximum absolute atomic E-state index is 13.6. The van der Waals surface area contributed by atoms with Crippen LogP contribution >= 0.6 is 11.3 Å². The zero-order valence-electron chi connectivity index (χ0n) is 9.78. The van der Waals surface area contributed by atoms with Gasteiger partial charge in [-0.25, -0.2) is 13.8 Å². The number of hydrogen-bond acceptors (Lipinski definition) is 4. The van der Waals surface area contributed by atoms with E-state index in [9.17, 15) is 8.78 Å². The van der Waals surface area contributed by atoms with Crippen LogP contribution in [-0.4, -0.2) is 4.98 Å². The van der Waals surface area contributed by atoms with Crippen LogP contribution in [0.25, 0.3) is 0 Å². The van der Waals surface area contributed by atoms with Crippen LogP contribution in [0, 0.1) is 18.6 Å². The zero-order chi connectivity index (χ0) is 13.1. The second kappa shape index (κ2) is 5.51. The van der Waals surface area contributed by atoms with E-state index in [-0.39, 0.29) is 18.0 Å². The Hall–Kier alpha value is -1.37. The van der Waals surface area contributed by atoms with Gasteiger partial charge in [0.1, 0.15) is 0 Å². The van der Waals surface area contributed by atoms with Crippen molar-refractivity contribution in [2.24, 2.45) is 5.84 Å². The highest BCUT2D eigenvalue weighted by Gasteiger charge is 2.17. The topological polar surface area (TPSA) is 50.9 Å². The number of nitrogens with two attached hydrogens (primary N) is 1. The first-order chi connectivity index (χ1) is 8.61. The highest BCUT2D eigenvalue weighted by Crippen LogP contribution is 2.22. The van der Waals surface area contributed by atoms with Crippen LogP contribution in [-0.2, 0) is 6.42 Å². The van der Waals surface area contributed by atoms with E-state index in [1.165, 1.54) is 17.4 Å². The Bertz CT molecular complexity index is 542. The molecule has 0 saturated carbocycles. The van der Waals surface area contributed by atoms with Crippen LogP contribution in [0.15, 0.2) is 23.6 Å². The minimum absolute atomic E-state index is 0.253. The van der Waals surface area contributed by atoms with Crippen LogP contribution in [0.1, 0.15) is 22.3 Å². The molecule has 1 unspecified atom stereocenters. The summed E-state index contributed by atoms with van der Waals surface area (Å²) in [6, 6.07) is 3.79. The molecule has 0 aliphatic rings. The Balaban J connectivity index is 2.23. The molecule has 3 N–H and O–H groups in total. The standard InChI is InChI=1S/C12H13F2N3S/c1-7-16-11(6-18-7)10(17-15)5-8-3-2-4-9(13)12(8)14/h2-4,6,10,17H,5,15H2,1H3. The van der Waals surface area contributed by atoms with Crippen molar-refractivity contribution < 1.29 is 8.78 Å². The van der Waals surface area contributed by atoms with Gasteiger partial charge in [-0.2, -0.15) is 0 Å². The highest BCUT2D eigenvalue weighted by molar-refractivity contribution is 7.09. The zero-order valence-corrected chi connectivity index (χ0v) is 10.6. The summed E-state index contributed by atoms with van der Waals surface area (Å²) in [7, 11) is 0. The molecule has 3 nitrogen and oxygen atoms in total. The van der Waals surface area contributed by atoms with Crippen molar-refractivity contribution in [3.05, 3.63) is 51.5 Å². The Kier molecular flexibility index (Phi) is 4.00. The molecule has 6 heteroatoms. The third kappa shape index (κ3) is 2.72. The van der Waals surface area contributed by atoms with E-state index in [1.54, 1.807) is 6.07 Å². The van der Waals surface area contributed by atoms with Gasteiger partial charge in [0, 0.05) is 5.38 Å². The summed E-state index contributed by atoms with van der Waals surface area (Å²) in [5.74, 6) is 3.77. The molecule has 1 heterocycles. The number of benzene rings is 1. The number of nitrogens with one attached hydrogen (secondary N) is 1. The molecule has 2 rings (SSSR count). The fourth-order valence-corrected chi connectivity index (χ4v) is 2.38. The monoisotopic (exact) mass is 269 g/mol. The summed E-state index contributed by atoms with van der Waals surface area (Å²) in [4.78, 5) is 4.29. The Morgan fingerprint density at radius 3 is 2.83 bits per heavy atom. The van der Waals surface area contributed by atoms with Gasteiger partial charge in [0.2, 0.25) is 0 Å². The molecular weight excluding hydrogens is 256 g/mol. The number of hydrazine groups is 1. The summed E-state index contributed by atoms with van der Waals surface area (Å²) in [6.45, 7) is 1.88. The fourth-order valence-electron chi connectivity index (χ4n) is 1.72. The molecule has 0 bridgehead atoms. The fraction of sp³-hybridized carbons (Fsp3) is 0.250. The number of nitrogens with zero attached hydrogens (tertiary/aromatic N) is 1. The van der Waals surface area contributed by atoms with Gasteiger partial charge in [-0.1, -0.05) is 12.1 Å². The van der Waals surface area contributed by atoms with Crippen molar-refractivity contribution in [1.82, 2.24) is 10.4 Å². The lowest BCUT2D eigenvalue weighted by Crippen LogP contribution is -2.30. The lowest BCUT2D eigenvalue weighted by atomic mass is 10.0. The quantitative estimate of drug-likeness (QED) is 0.662. The molecule has 0 spiro atoms. The van der Waals surface area contributed by atoms with E-state index in [0.717, 1.165) is 16.8 Å². The predicted octanol–water partition coefficient (Wildman–Crippen LogP) is 2.48. The van der Waals surface area contributed by atoms with Gasteiger partial charge in [0.05, 0.1) is 16.7 Å². The summed E-state index contributed by atoms with van der Waals surface area (Å²) >= 11 is 1.49. The molecule has 1 aromatic heterocycles. The van der Waals surface area contributed by atoms with E-state index >= 15 is 0 Å². The maximum Gasteiger partial charge on any atom is 0.162 e. The summed E-state index contributed by atoms with van der Waals surface area (Å²) < 4.78 is 26.7. The maximum atomic E-state index is 13.6. The molecule has 2 aromatic rings. The van der Waals surface area contributed by atoms with Gasteiger partial charge in [0.25, 0.3) is 0 Å². The van der Waals surface area contributed by atoms with Crippen molar-refractivity contribution in [1.29, 1.82) is 0 Å². The summed E-state index contributed by atoms with van der Waals surface area (Å²) in [5.41, 5.74) is 3.60. The molecule has 0 fully saturated rings. The third-order valence-corrected chi connectivity index (χ3v) is 3.44. The van der Waals surface area contributed by atoms with E-state index < -0.39 is 11.6 Å². The molecular formula is C12H13F2N3S. The first-order valence-corrected chi connectivity index (χ1v) is 6.31. The lowest BCUT2D eigenvalue weighted by molar-refractivity contribution is 0.478. The van der Waals surface area contributed by atoms with Crippen LogP contribution in [0.4, 0.5) is 8.78 Å². The second-order valence-corrected chi connectivity index (χ2v) is 4.99. The molecule has 1 atom stereocenters. The predicted molar refractivity (Wildman–Crippen MR) is 67.0 cm³/mol. The van der Waals surface area contributed by atoms with Crippen molar-refractivity contribution >= 4 is 11.3 Å². The summed E-state index contributed by atoms with van der Waals surface area (Å²) in [6.07, 6.45) is 0.253. The summed E-state index contributed by atoms with van der Waals surface area (Å²) in [5, 5.41) is 2.77. The average molecular weight is 269 g/mol. The van der Waals surface area contributed by atoms with Gasteiger partial charge in [-0.05, 0) is 25.0 Å². The molecule has 0 radical (unpaired) electrons. The molecule has 96 valence electrons. The minimum Gasteiger partial charge on any atom is -0.271 e. The SMILES string of the molecule is Cc1nc(C(Cc2cccc(F)c2F)NN)cs1. The Morgan fingerprint density at radius 2 is 2.22 bits per heavy atom.